The Bertz CT molecular complexity index is 756. The first-order valence-corrected chi connectivity index (χ1v) is 7.40. The number of nitro groups is 1. The van der Waals surface area contributed by atoms with E-state index in [4.69, 9.17) is 4.74 Å². The molecule has 0 amide bonds. The first-order chi connectivity index (χ1) is 11.0. The maximum absolute atomic E-state index is 11.2. The van der Waals surface area contributed by atoms with Crippen molar-refractivity contribution in [3.8, 4) is 22.8 Å². The molecule has 0 radical (unpaired) electrons. The maximum Gasteiger partial charge on any atom is 0.315 e. The molecule has 0 saturated carbocycles. The SMILES string of the molecule is CCOc1cc(-c2n[nH]c3c2CN(C)CC3)cc([N+](=O)[O-])c1O. The molecule has 0 bridgehead atoms. The van der Waals surface area contributed by atoms with E-state index >= 15 is 0 Å². The van der Waals surface area contributed by atoms with Crippen LogP contribution in [-0.4, -0.2) is 45.3 Å². The number of aromatic amines is 1. The van der Waals surface area contributed by atoms with Crippen molar-refractivity contribution in [3.05, 3.63) is 33.5 Å². The second kappa shape index (κ2) is 5.88. The molecule has 1 aliphatic heterocycles. The smallest absolute Gasteiger partial charge is 0.315 e. The summed E-state index contributed by atoms with van der Waals surface area (Å²) in [6.45, 7) is 3.72. The van der Waals surface area contributed by atoms with Gasteiger partial charge in [-0.3, -0.25) is 15.2 Å². The largest absolute Gasteiger partial charge is 0.500 e. The van der Waals surface area contributed by atoms with E-state index in [9.17, 15) is 15.2 Å². The highest BCUT2D eigenvalue weighted by molar-refractivity contribution is 5.73. The van der Waals surface area contributed by atoms with E-state index in [2.05, 4.69) is 15.1 Å². The molecular weight excluding hydrogens is 300 g/mol. The molecule has 0 spiro atoms. The van der Waals surface area contributed by atoms with E-state index in [1.807, 2.05) is 7.05 Å². The molecule has 2 aromatic rings. The zero-order valence-corrected chi connectivity index (χ0v) is 13.0. The standard InChI is InChI=1S/C15H18N4O4/c1-3-23-13-7-9(6-12(15(13)20)19(21)22)14-10-8-18(2)5-4-11(10)16-17-14/h6-7,20H,3-5,8H2,1-2H3,(H,16,17). The number of aromatic nitrogens is 2. The molecule has 0 fully saturated rings. The first kappa shape index (κ1) is 15.3. The number of phenolic OH excluding ortho intramolecular Hbond substituents is 1. The number of nitrogens with zero attached hydrogens (tertiary/aromatic N) is 3. The molecule has 3 rings (SSSR count). The minimum absolute atomic E-state index is 0.0950. The number of nitrogens with one attached hydrogen (secondary N) is 1. The summed E-state index contributed by atoms with van der Waals surface area (Å²) in [5.74, 6) is -0.361. The lowest BCUT2D eigenvalue weighted by atomic mass is 10.0. The number of ether oxygens (including phenoxy) is 1. The Morgan fingerprint density at radius 1 is 1.52 bits per heavy atom. The van der Waals surface area contributed by atoms with Crippen LogP contribution in [0.4, 0.5) is 5.69 Å². The number of fused-ring (bicyclic) bond motifs is 1. The third-order valence-corrected chi connectivity index (χ3v) is 3.95. The summed E-state index contributed by atoms with van der Waals surface area (Å²) in [5, 5.41) is 28.5. The van der Waals surface area contributed by atoms with Crippen LogP contribution in [-0.2, 0) is 13.0 Å². The van der Waals surface area contributed by atoms with Crippen LogP contribution in [0.2, 0.25) is 0 Å². The van der Waals surface area contributed by atoms with Crippen molar-refractivity contribution in [2.45, 2.75) is 19.9 Å². The Hall–Kier alpha value is -2.61. The molecule has 2 N–H and O–H groups in total. The van der Waals surface area contributed by atoms with Crippen LogP contribution in [0.25, 0.3) is 11.3 Å². The van der Waals surface area contributed by atoms with Crippen molar-refractivity contribution in [2.75, 3.05) is 20.2 Å². The molecule has 122 valence electrons. The predicted molar refractivity (Wildman–Crippen MR) is 83.5 cm³/mol. The Kier molecular flexibility index (Phi) is 3.91. The van der Waals surface area contributed by atoms with E-state index in [0.29, 0.717) is 17.9 Å². The quantitative estimate of drug-likeness (QED) is 0.660. The summed E-state index contributed by atoms with van der Waals surface area (Å²) >= 11 is 0. The molecule has 1 aliphatic rings. The van der Waals surface area contributed by atoms with Gasteiger partial charge in [0.1, 0.15) is 0 Å². The third-order valence-electron chi connectivity index (χ3n) is 3.95. The van der Waals surface area contributed by atoms with Gasteiger partial charge in [0.05, 0.1) is 17.2 Å². The number of rotatable bonds is 4. The van der Waals surface area contributed by atoms with E-state index in [1.54, 1.807) is 13.0 Å². The van der Waals surface area contributed by atoms with Gasteiger partial charge in [-0.25, -0.2) is 0 Å². The van der Waals surface area contributed by atoms with Crippen molar-refractivity contribution < 1.29 is 14.8 Å². The van der Waals surface area contributed by atoms with Crippen LogP contribution in [0.1, 0.15) is 18.2 Å². The lowest BCUT2D eigenvalue weighted by molar-refractivity contribution is -0.385. The van der Waals surface area contributed by atoms with Gasteiger partial charge in [-0.2, -0.15) is 5.10 Å². The Balaban J connectivity index is 2.13. The van der Waals surface area contributed by atoms with Crippen molar-refractivity contribution in [1.29, 1.82) is 0 Å². The summed E-state index contributed by atoms with van der Waals surface area (Å²) in [7, 11) is 2.02. The molecule has 8 nitrogen and oxygen atoms in total. The Labute approximate surface area is 132 Å². The molecule has 0 aliphatic carbocycles. The fourth-order valence-electron chi connectivity index (χ4n) is 2.80. The van der Waals surface area contributed by atoms with Gasteiger partial charge in [-0.1, -0.05) is 0 Å². The van der Waals surface area contributed by atoms with Crippen LogP contribution in [0.5, 0.6) is 11.5 Å². The second-order valence-corrected chi connectivity index (χ2v) is 5.55. The number of H-pyrrole nitrogens is 1. The third kappa shape index (κ3) is 2.72. The number of nitro benzene ring substituents is 1. The maximum atomic E-state index is 11.2. The van der Waals surface area contributed by atoms with Gasteiger partial charge in [0, 0.05) is 42.4 Å². The molecule has 0 atom stereocenters. The summed E-state index contributed by atoms with van der Waals surface area (Å²) in [6, 6.07) is 2.93. The van der Waals surface area contributed by atoms with E-state index < -0.39 is 10.7 Å². The molecule has 0 saturated heterocycles. The monoisotopic (exact) mass is 318 g/mol. The Morgan fingerprint density at radius 2 is 2.30 bits per heavy atom. The van der Waals surface area contributed by atoms with Gasteiger partial charge in [-0.15, -0.1) is 0 Å². The number of likely N-dealkylation sites (N-methyl/N-ethyl adjacent to an activating group) is 1. The van der Waals surface area contributed by atoms with Crippen LogP contribution in [0, 0.1) is 10.1 Å². The zero-order chi connectivity index (χ0) is 16.6. The average Bonchev–Trinajstić information content (AvgIpc) is 2.92. The molecule has 1 aromatic carbocycles. The fraction of sp³-hybridized carbons (Fsp3) is 0.400. The van der Waals surface area contributed by atoms with Crippen LogP contribution < -0.4 is 4.74 Å². The van der Waals surface area contributed by atoms with Gasteiger partial charge in [-0.05, 0) is 20.0 Å². The average molecular weight is 318 g/mol. The van der Waals surface area contributed by atoms with Gasteiger partial charge in [0.15, 0.2) is 5.75 Å². The highest BCUT2D eigenvalue weighted by atomic mass is 16.6. The van der Waals surface area contributed by atoms with Crippen molar-refractivity contribution in [3.63, 3.8) is 0 Å². The number of aromatic hydroxyl groups is 1. The van der Waals surface area contributed by atoms with Gasteiger partial charge in [0.2, 0.25) is 5.75 Å². The number of hydrogen-bond acceptors (Lipinski definition) is 6. The molecule has 2 heterocycles. The van der Waals surface area contributed by atoms with Crippen LogP contribution >= 0.6 is 0 Å². The molecular formula is C15H18N4O4. The van der Waals surface area contributed by atoms with E-state index in [-0.39, 0.29) is 11.4 Å². The lowest BCUT2D eigenvalue weighted by Crippen LogP contribution is -2.26. The highest BCUT2D eigenvalue weighted by Gasteiger charge is 2.25. The summed E-state index contributed by atoms with van der Waals surface area (Å²) in [4.78, 5) is 12.7. The summed E-state index contributed by atoms with van der Waals surface area (Å²) in [6.07, 6.45) is 0.858. The van der Waals surface area contributed by atoms with Crippen molar-refractivity contribution >= 4 is 5.69 Å². The normalized spacial score (nSPS) is 14.5. The molecule has 8 heteroatoms. The zero-order valence-electron chi connectivity index (χ0n) is 13.0. The minimum Gasteiger partial charge on any atom is -0.500 e. The van der Waals surface area contributed by atoms with Gasteiger partial charge >= 0.3 is 5.69 Å². The summed E-state index contributed by atoms with van der Waals surface area (Å²) < 4.78 is 5.33. The first-order valence-electron chi connectivity index (χ1n) is 7.40. The van der Waals surface area contributed by atoms with E-state index in [0.717, 1.165) is 30.8 Å². The second-order valence-electron chi connectivity index (χ2n) is 5.55. The van der Waals surface area contributed by atoms with E-state index in [1.165, 1.54) is 6.07 Å². The predicted octanol–water partition coefficient (Wildman–Crippen LogP) is 2.08. The van der Waals surface area contributed by atoms with Crippen LogP contribution in [0.15, 0.2) is 12.1 Å². The van der Waals surface area contributed by atoms with Gasteiger partial charge in [0.25, 0.3) is 0 Å². The number of phenols is 1. The fourth-order valence-corrected chi connectivity index (χ4v) is 2.80. The van der Waals surface area contributed by atoms with Crippen molar-refractivity contribution in [2.24, 2.45) is 0 Å². The minimum atomic E-state index is -0.618. The molecule has 0 unspecified atom stereocenters. The molecule has 23 heavy (non-hydrogen) atoms. The van der Waals surface area contributed by atoms with Crippen molar-refractivity contribution in [1.82, 2.24) is 15.1 Å². The number of hydrogen-bond donors (Lipinski definition) is 2. The van der Waals surface area contributed by atoms with Gasteiger partial charge < -0.3 is 14.7 Å². The highest BCUT2D eigenvalue weighted by Crippen LogP contribution is 2.41. The van der Waals surface area contributed by atoms with Crippen LogP contribution in [0.3, 0.4) is 0 Å². The number of benzene rings is 1. The summed E-state index contributed by atoms with van der Waals surface area (Å²) in [5.41, 5.74) is 2.92. The molecule has 1 aromatic heterocycles. The Morgan fingerprint density at radius 3 is 3.00 bits per heavy atom. The lowest BCUT2D eigenvalue weighted by Gasteiger charge is -2.22. The topological polar surface area (TPSA) is 105 Å².